The zero-order chi connectivity index (χ0) is 33.6. The molecule has 3 aliphatic rings. The van der Waals surface area contributed by atoms with E-state index < -0.39 is 29.9 Å². The molecule has 1 aliphatic carbocycles. The van der Waals surface area contributed by atoms with Crippen LogP contribution >= 0.6 is 0 Å². The topological polar surface area (TPSA) is 207 Å². The van der Waals surface area contributed by atoms with Crippen molar-refractivity contribution in [3.63, 3.8) is 0 Å². The third-order valence-electron chi connectivity index (χ3n) is 9.57. The number of hydrogen-bond donors (Lipinski definition) is 6. The smallest absolute Gasteiger partial charge is 0.243 e. The molecule has 4 rings (SSSR count). The van der Waals surface area contributed by atoms with E-state index in [0.717, 1.165) is 56.3 Å². The number of carbonyl (C=O) groups is 4. The van der Waals surface area contributed by atoms with Gasteiger partial charge in [0.1, 0.15) is 17.8 Å². The second kappa shape index (κ2) is 18.5. The highest BCUT2D eigenvalue weighted by atomic mass is 16.5. The molecular weight excluding hydrogens is 600 g/mol. The molecule has 13 nitrogen and oxygen atoms in total. The van der Waals surface area contributed by atoms with E-state index in [1.807, 2.05) is 29.2 Å². The van der Waals surface area contributed by atoms with Crippen molar-refractivity contribution >= 4 is 29.6 Å². The van der Waals surface area contributed by atoms with Gasteiger partial charge in [-0.25, -0.2) is 0 Å². The average Bonchev–Trinajstić information content (AvgIpc) is 3.53. The SMILES string of the molecule is NC(=O)C(CCCN=C(N)N)NC(=O)C1CCCc2cccc(c2)OCCCC(=O)N2CCCC2CNC(C2CCCCC2)C(=O)N1. The van der Waals surface area contributed by atoms with Crippen molar-refractivity contribution < 1.29 is 23.9 Å². The van der Waals surface area contributed by atoms with E-state index in [1.54, 1.807) is 0 Å². The van der Waals surface area contributed by atoms with Gasteiger partial charge in [0.25, 0.3) is 0 Å². The maximum atomic E-state index is 14.1. The molecule has 1 saturated carbocycles. The van der Waals surface area contributed by atoms with E-state index in [0.29, 0.717) is 64.8 Å². The molecule has 2 bridgehead atoms. The van der Waals surface area contributed by atoms with Gasteiger partial charge in [0.05, 0.1) is 12.6 Å². The summed E-state index contributed by atoms with van der Waals surface area (Å²) in [5.41, 5.74) is 17.5. The van der Waals surface area contributed by atoms with Crippen molar-refractivity contribution in [1.82, 2.24) is 20.9 Å². The van der Waals surface area contributed by atoms with Gasteiger partial charge in [0, 0.05) is 32.1 Å². The lowest BCUT2D eigenvalue weighted by molar-refractivity contribution is -0.133. The molecule has 4 amide bonds. The van der Waals surface area contributed by atoms with E-state index >= 15 is 0 Å². The van der Waals surface area contributed by atoms with Gasteiger partial charge in [-0.1, -0.05) is 31.4 Å². The number of aryl methyl sites for hydroxylation is 1. The number of amides is 4. The molecule has 260 valence electrons. The van der Waals surface area contributed by atoms with Crippen molar-refractivity contribution in [2.45, 2.75) is 114 Å². The standard InChI is InChI=1S/C34H54N8O5/c35-31(44)27(16-6-18-38-34(36)37)40-32(45)28-15-5-10-23-9-4-14-26(21-23)47-20-8-17-29(43)42-19-7-13-25(42)22-39-30(33(46)41-28)24-11-2-1-3-12-24/h4,9,14,21,24-25,27-28,30,39H,1-3,5-8,10-13,15-20,22H2,(H2,35,44)(H,40,45)(H,41,46)(H4,36,37,38). The van der Waals surface area contributed by atoms with Crippen LogP contribution in [-0.4, -0.2) is 84.9 Å². The van der Waals surface area contributed by atoms with Crippen molar-refractivity contribution in [3.05, 3.63) is 29.8 Å². The summed E-state index contributed by atoms with van der Waals surface area (Å²) in [6.07, 6.45) is 10.3. The molecule has 1 aromatic carbocycles. The predicted molar refractivity (Wildman–Crippen MR) is 180 cm³/mol. The predicted octanol–water partition coefficient (Wildman–Crippen LogP) is 1.22. The monoisotopic (exact) mass is 654 g/mol. The lowest BCUT2D eigenvalue weighted by Gasteiger charge is -2.33. The van der Waals surface area contributed by atoms with E-state index in [9.17, 15) is 19.2 Å². The number of nitrogens with zero attached hydrogens (tertiary/aromatic N) is 2. The summed E-state index contributed by atoms with van der Waals surface area (Å²) < 4.78 is 5.98. The minimum atomic E-state index is -0.933. The third kappa shape index (κ3) is 11.4. The van der Waals surface area contributed by atoms with Crippen LogP contribution in [0, 0.1) is 5.92 Å². The van der Waals surface area contributed by atoms with Crippen LogP contribution in [0.1, 0.15) is 89.0 Å². The fraction of sp³-hybridized carbons (Fsp3) is 0.676. The zero-order valence-electron chi connectivity index (χ0n) is 27.6. The molecule has 2 heterocycles. The summed E-state index contributed by atoms with van der Waals surface area (Å²) in [5.74, 6) is -0.431. The molecule has 47 heavy (non-hydrogen) atoms. The van der Waals surface area contributed by atoms with Gasteiger partial charge in [-0.2, -0.15) is 0 Å². The largest absolute Gasteiger partial charge is 0.494 e. The zero-order valence-corrected chi connectivity index (χ0v) is 27.6. The Morgan fingerprint density at radius 1 is 1.00 bits per heavy atom. The molecule has 4 unspecified atom stereocenters. The van der Waals surface area contributed by atoms with Gasteiger partial charge in [-0.3, -0.25) is 24.2 Å². The first kappa shape index (κ1) is 36.0. The molecule has 2 fully saturated rings. The summed E-state index contributed by atoms with van der Waals surface area (Å²) in [7, 11) is 0. The van der Waals surface area contributed by atoms with Gasteiger partial charge in [-0.05, 0) is 87.8 Å². The molecule has 1 aromatic rings. The molecule has 0 aromatic heterocycles. The Morgan fingerprint density at radius 2 is 1.81 bits per heavy atom. The van der Waals surface area contributed by atoms with Gasteiger partial charge in [-0.15, -0.1) is 0 Å². The number of guanidine groups is 1. The third-order valence-corrected chi connectivity index (χ3v) is 9.57. The Hall–Kier alpha value is -3.87. The first-order valence-corrected chi connectivity index (χ1v) is 17.4. The van der Waals surface area contributed by atoms with Crippen LogP contribution < -0.4 is 37.9 Å². The molecule has 1 saturated heterocycles. The van der Waals surface area contributed by atoms with E-state index in [4.69, 9.17) is 21.9 Å². The number of aliphatic imine (C=N–C) groups is 1. The van der Waals surface area contributed by atoms with Crippen LogP contribution in [-0.2, 0) is 25.6 Å². The molecule has 0 spiro atoms. The van der Waals surface area contributed by atoms with Crippen LogP contribution in [0.25, 0.3) is 0 Å². The maximum absolute atomic E-state index is 14.1. The van der Waals surface area contributed by atoms with E-state index in [1.165, 1.54) is 0 Å². The Bertz CT molecular complexity index is 1230. The number of fused-ring (bicyclic) bond motifs is 3. The lowest BCUT2D eigenvalue weighted by atomic mass is 9.83. The first-order valence-electron chi connectivity index (χ1n) is 17.4. The second-order valence-electron chi connectivity index (χ2n) is 13.1. The number of rotatable bonds is 8. The molecular formula is C34H54N8O5. The maximum Gasteiger partial charge on any atom is 0.243 e. The number of benzene rings is 1. The summed E-state index contributed by atoms with van der Waals surface area (Å²) in [5, 5.41) is 9.38. The minimum Gasteiger partial charge on any atom is -0.494 e. The van der Waals surface area contributed by atoms with Crippen molar-refractivity contribution in [2.75, 3.05) is 26.2 Å². The van der Waals surface area contributed by atoms with Crippen molar-refractivity contribution in [2.24, 2.45) is 28.1 Å². The quantitative estimate of drug-likeness (QED) is 0.136. The lowest BCUT2D eigenvalue weighted by Crippen LogP contribution is -2.58. The van der Waals surface area contributed by atoms with Gasteiger partial charge in [0.15, 0.2) is 5.96 Å². The van der Waals surface area contributed by atoms with Crippen LogP contribution in [0.2, 0.25) is 0 Å². The fourth-order valence-electron chi connectivity index (χ4n) is 7.03. The Labute approximate surface area is 278 Å². The molecule has 0 radical (unpaired) electrons. The van der Waals surface area contributed by atoms with Crippen LogP contribution in [0.5, 0.6) is 5.75 Å². The van der Waals surface area contributed by atoms with Crippen LogP contribution in [0.3, 0.4) is 0 Å². The highest BCUT2D eigenvalue weighted by Gasteiger charge is 2.35. The first-order chi connectivity index (χ1) is 22.7. The Morgan fingerprint density at radius 3 is 2.57 bits per heavy atom. The van der Waals surface area contributed by atoms with Gasteiger partial charge >= 0.3 is 0 Å². The normalized spacial score (nSPS) is 24.3. The number of primary amides is 1. The average molecular weight is 655 g/mol. The highest BCUT2D eigenvalue weighted by Crippen LogP contribution is 2.28. The Balaban J connectivity index is 1.54. The number of carbonyl (C=O) groups excluding carboxylic acids is 4. The minimum absolute atomic E-state index is 0.00968. The summed E-state index contributed by atoms with van der Waals surface area (Å²) in [6.45, 7) is 1.97. The summed E-state index contributed by atoms with van der Waals surface area (Å²) in [6, 6.07) is 5.51. The van der Waals surface area contributed by atoms with E-state index in [2.05, 4.69) is 20.9 Å². The number of nitrogens with one attached hydrogen (secondary N) is 3. The molecule has 4 atom stereocenters. The Kier molecular flexibility index (Phi) is 14.1. The van der Waals surface area contributed by atoms with Crippen molar-refractivity contribution in [3.8, 4) is 5.75 Å². The molecule has 2 aliphatic heterocycles. The second-order valence-corrected chi connectivity index (χ2v) is 13.1. The van der Waals surface area contributed by atoms with Crippen LogP contribution in [0.15, 0.2) is 29.3 Å². The van der Waals surface area contributed by atoms with Gasteiger partial charge in [0.2, 0.25) is 23.6 Å². The summed E-state index contributed by atoms with van der Waals surface area (Å²) in [4.78, 5) is 59.2. The number of nitrogens with two attached hydrogens (primary N) is 3. The number of hydrogen-bond acceptors (Lipinski definition) is 7. The number of ether oxygens (including phenoxy) is 1. The molecule has 9 N–H and O–H groups in total. The highest BCUT2D eigenvalue weighted by molar-refractivity contribution is 5.92. The summed E-state index contributed by atoms with van der Waals surface area (Å²) >= 11 is 0. The fourth-order valence-corrected chi connectivity index (χ4v) is 7.03. The molecule has 13 heteroatoms. The van der Waals surface area contributed by atoms with Gasteiger partial charge < -0.3 is 42.8 Å². The van der Waals surface area contributed by atoms with Crippen molar-refractivity contribution in [1.29, 1.82) is 0 Å². The van der Waals surface area contributed by atoms with Crippen LogP contribution in [0.4, 0.5) is 0 Å². The van der Waals surface area contributed by atoms with E-state index in [-0.39, 0.29) is 36.2 Å².